The van der Waals surface area contributed by atoms with Crippen LogP contribution < -0.4 is 10.6 Å². The van der Waals surface area contributed by atoms with Gasteiger partial charge in [-0.05, 0) is 6.42 Å². The van der Waals surface area contributed by atoms with Crippen molar-refractivity contribution in [1.82, 2.24) is 15.0 Å². The highest BCUT2D eigenvalue weighted by molar-refractivity contribution is 7.07. The van der Waals surface area contributed by atoms with Gasteiger partial charge < -0.3 is 10.6 Å². The van der Waals surface area contributed by atoms with Gasteiger partial charge in [0.25, 0.3) is 0 Å². The van der Waals surface area contributed by atoms with Crippen molar-refractivity contribution in [1.29, 1.82) is 0 Å². The van der Waals surface area contributed by atoms with Crippen LogP contribution in [0.1, 0.15) is 24.9 Å². The van der Waals surface area contributed by atoms with E-state index in [1.807, 2.05) is 22.8 Å². The summed E-state index contributed by atoms with van der Waals surface area (Å²) in [5.74, 6) is 2.17. The molecule has 0 atom stereocenters. The summed E-state index contributed by atoms with van der Waals surface area (Å²) in [5.41, 5.74) is 8.68. The predicted octanol–water partition coefficient (Wildman–Crippen LogP) is 2.10. The SMILES string of the molecule is CCCc1nc(N)cc(N(C)Cc2cscn2)n1. The summed E-state index contributed by atoms with van der Waals surface area (Å²) in [6.07, 6.45) is 1.86. The van der Waals surface area contributed by atoms with Crippen molar-refractivity contribution in [3.8, 4) is 0 Å². The van der Waals surface area contributed by atoms with E-state index >= 15 is 0 Å². The molecule has 2 heterocycles. The Morgan fingerprint density at radius 1 is 1.39 bits per heavy atom. The first-order valence-electron chi connectivity index (χ1n) is 5.90. The third-order valence-corrected chi connectivity index (χ3v) is 3.16. The van der Waals surface area contributed by atoms with E-state index < -0.39 is 0 Å². The molecule has 0 amide bonds. The largest absolute Gasteiger partial charge is 0.384 e. The summed E-state index contributed by atoms with van der Waals surface area (Å²) in [6.45, 7) is 2.83. The number of hydrogen-bond donors (Lipinski definition) is 1. The molecular formula is C12H17N5S. The van der Waals surface area contributed by atoms with Crippen LogP contribution in [0.5, 0.6) is 0 Å². The van der Waals surface area contributed by atoms with Crippen molar-refractivity contribution < 1.29 is 0 Å². The van der Waals surface area contributed by atoms with Crippen LogP contribution in [0.3, 0.4) is 0 Å². The molecular weight excluding hydrogens is 246 g/mol. The molecule has 2 rings (SSSR count). The lowest BCUT2D eigenvalue weighted by Crippen LogP contribution is -2.19. The maximum atomic E-state index is 5.81. The van der Waals surface area contributed by atoms with Crippen molar-refractivity contribution in [2.45, 2.75) is 26.3 Å². The molecule has 0 aliphatic rings. The second-order valence-corrected chi connectivity index (χ2v) is 4.87. The van der Waals surface area contributed by atoms with Crippen LogP contribution in [-0.2, 0) is 13.0 Å². The Morgan fingerprint density at radius 3 is 2.89 bits per heavy atom. The molecule has 0 fully saturated rings. The highest BCUT2D eigenvalue weighted by Gasteiger charge is 2.08. The lowest BCUT2D eigenvalue weighted by atomic mass is 10.3. The third-order valence-electron chi connectivity index (χ3n) is 2.53. The fraction of sp³-hybridized carbons (Fsp3) is 0.417. The molecule has 0 aromatic carbocycles. The molecule has 0 aliphatic carbocycles. The van der Waals surface area contributed by atoms with Gasteiger partial charge in [0.05, 0.1) is 17.7 Å². The maximum absolute atomic E-state index is 5.81. The lowest BCUT2D eigenvalue weighted by molar-refractivity contribution is 0.810. The number of thiazole rings is 1. The Balaban J connectivity index is 2.16. The van der Waals surface area contributed by atoms with Crippen molar-refractivity contribution in [2.75, 3.05) is 17.7 Å². The highest BCUT2D eigenvalue weighted by atomic mass is 32.1. The number of rotatable bonds is 5. The second kappa shape index (κ2) is 5.77. The summed E-state index contributed by atoms with van der Waals surface area (Å²) < 4.78 is 0. The number of nitrogens with zero attached hydrogens (tertiary/aromatic N) is 4. The van der Waals surface area contributed by atoms with Gasteiger partial charge in [0.15, 0.2) is 0 Å². The average molecular weight is 263 g/mol. The van der Waals surface area contributed by atoms with Crippen LogP contribution >= 0.6 is 11.3 Å². The van der Waals surface area contributed by atoms with Gasteiger partial charge in [0.1, 0.15) is 17.5 Å². The number of nitrogen functional groups attached to an aromatic ring is 1. The van der Waals surface area contributed by atoms with Gasteiger partial charge in [0, 0.05) is 24.9 Å². The number of aryl methyl sites for hydroxylation is 1. The second-order valence-electron chi connectivity index (χ2n) is 4.15. The summed E-state index contributed by atoms with van der Waals surface area (Å²) in [7, 11) is 1.98. The maximum Gasteiger partial charge on any atom is 0.134 e. The average Bonchev–Trinajstić information content (AvgIpc) is 2.81. The van der Waals surface area contributed by atoms with Gasteiger partial charge in [-0.15, -0.1) is 11.3 Å². The zero-order valence-corrected chi connectivity index (χ0v) is 11.4. The van der Waals surface area contributed by atoms with E-state index in [0.717, 1.165) is 36.7 Å². The molecule has 0 radical (unpaired) electrons. The van der Waals surface area contributed by atoms with Crippen molar-refractivity contribution in [3.63, 3.8) is 0 Å². The summed E-state index contributed by atoms with van der Waals surface area (Å²) in [6, 6.07) is 1.80. The summed E-state index contributed by atoms with van der Waals surface area (Å²) in [4.78, 5) is 15.0. The molecule has 2 aromatic heterocycles. The van der Waals surface area contributed by atoms with Gasteiger partial charge in [0.2, 0.25) is 0 Å². The molecule has 18 heavy (non-hydrogen) atoms. The Bertz CT molecular complexity index is 497. The molecule has 6 heteroatoms. The molecule has 0 unspecified atom stereocenters. The molecule has 0 spiro atoms. The van der Waals surface area contributed by atoms with Gasteiger partial charge in [-0.3, -0.25) is 0 Å². The number of nitrogens with two attached hydrogens (primary N) is 1. The minimum absolute atomic E-state index is 0.522. The molecule has 96 valence electrons. The van der Waals surface area contributed by atoms with Crippen LogP contribution in [0.2, 0.25) is 0 Å². The molecule has 2 N–H and O–H groups in total. The molecule has 2 aromatic rings. The zero-order chi connectivity index (χ0) is 13.0. The van der Waals surface area contributed by atoms with E-state index in [-0.39, 0.29) is 0 Å². The first kappa shape index (κ1) is 12.8. The number of aromatic nitrogens is 3. The fourth-order valence-electron chi connectivity index (χ4n) is 1.67. The molecule has 0 aliphatic heterocycles. The van der Waals surface area contributed by atoms with Crippen molar-refractivity contribution in [3.05, 3.63) is 28.5 Å². The van der Waals surface area contributed by atoms with E-state index in [0.29, 0.717) is 5.82 Å². The summed E-state index contributed by atoms with van der Waals surface area (Å²) in [5, 5.41) is 2.04. The Morgan fingerprint density at radius 2 is 2.22 bits per heavy atom. The topological polar surface area (TPSA) is 67.9 Å². The first-order valence-corrected chi connectivity index (χ1v) is 6.85. The van der Waals surface area contributed by atoms with Gasteiger partial charge in [-0.1, -0.05) is 6.92 Å². The standard InChI is InChI=1S/C12H17N5S/c1-3-4-11-15-10(13)5-12(16-11)17(2)6-9-7-18-8-14-9/h5,7-8H,3-4,6H2,1-2H3,(H2,13,15,16). The monoisotopic (exact) mass is 263 g/mol. The van der Waals surface area contributed by atoms with Crippen molar-refractivity contribution >= 4 is 23.0 Å². The van der Waals surface area contributed by atoms with Crippen molar-refractivity contribution in [2.24, 2.45) is 0 Å². The van der Waals surface area contributed by atoms with Crippen LogP contribution in [0.25, 0.3) is 0 Å². The van der Waals surface area contributed by atoms with Gasteiger partial charge in [-0.2, -0.15) is 0 Å². The number of hydrogen-bond acceptors (Lipinski definition) is 6. The Hall–Kier alpha value is -1.69. The predicted molar refractivity (Wildman–Crippen MR) is 74.7 cm³/mol. The summed E-state index contributed by atoms with van der Waals surface area (Å²) >= 11 is 1.60. The smallest absolute Gasteiger partial charge is 0.134 e. The van der Waals surface area contributed by atoms with Crippen LogP contribution in [0.15, 0.2) is 17.0 Å². The van der Waals surface area contributed by atoms with E-state index in [1.165, 1.54) is 0 Å². The van der Waals surface area contributed by atoms with Crippen LogP contribution in [0, 0.1) is 0 Å². The Kier molecular flexibility index (Phi) is 4.09. The van der Waals surface area contributed by atoms with E-state index in [4.69, 9.17) is 5.73 Å². The number of anilines is 2. The molecule has 0 bridgehead atoms. The van der Waals surface area contributed by atoms with Crippen LogP contribution in [-0.4, -0.2) is 22.0 Å². The first-order chi connectivity index (χ1) is 8.69. The lowest BCUT2D eigenvalue weighted by Gasteiger charge is -2.17. The molecule has 5 nitrogen and oxygen atoms in total. The highest BCUT2D eigenvalue weighted by Crippen LogP contribution is 2.16. The molecule has 0 saturated heterocycles. The Labute approximate surface area is 111 Å². The third kappa shape index (κ3) is 3.16. The molecule has 0 saturated carbocycles. The van der Waals surface area contributed by atoms with Crippen LogP contribution in [0.4, 0.5) is 11.6 Å². The minimum Gasteiger partial charge on any atom is -0.384 e. The van der Waals surface area contributed by atoms with E-state index in [9.17, 15) is 0 Å². The zero-order valence-electron chi connectivity index (χ0n) is 10.6. The van der Waals surface area contributed by atoms with Gasteiger partial charge >= 0.3 is 0 Å². The fourth-order valence-corrected chi connectivity index (χ4v) is 2.22. The van der Waals surface area contributed by atoms with E-state index in [2.05, 4.69) is 21.9 Å². The van der Waals surface area contributed by atoms with E-state index in [1.54, 1.807) is 17.4 Å². The quantitative estimate of drug-likeness (QED) is 0.894. The minimum atomic E-state index is 0.522. The normalized spacial score (nSPS) is 10.6. The van der Waals surface area contributed by atoms with Gasteiger partial charge in [-0.25, -0.2) is 15.0 Å².